The van der Waals surface area contributed by atoms with Crippen LogP contribution >= 0.6 is 0 Å². The van der Waals surface area contributed by atoms with E-state index in [4.69, 9.17) is 4.74 Å². The first-order valence-corrected chi connectivity index (χ1v) is 13.2. The molecule has 1 aromatic heterocycles. The number of carbonyl (C=O) groups excluding carboxylic acids is 4. The van der Waals surface area contributed by atoms with E-state index in [0.29, 0.717) is 6.42 Å². The van der Waals surface area contributed by atoms with E-state index < -0.39 is 53.9 Å². The van der Waals surface area contributed by atoms with Crippen molar-refractivity contribution < 1.29 is 34.1 Å². The lowest BCUT2D eigenvalue weighted by Crippen LogP contribution is -2.58. The van der Waals surface area contributed by atoms with Gasteiger partial charge in [0.25, 0.3) is 5.91 Å². The van der Waals surface area contributed by atoms with E-state index >= 15 is 0 Å². The van der Waals surface area contributed by atoms with Gasteiger partial charge in [-0.2, -0.15) is 0 Å². The lowest BCUT2D eigenvalue weighted by Gasteiger charge is -2.34. The number of hydrogen-bond acceptors (Lipinski definition) is 8. The molecule has 2 aromatic rings. The maximum Gasteiger partial charge on any atom is 0.312 e. The predicted molar refractivity (Wildman–Crippen MR) is 143 cm³/mol. The second-order valence-electron chi connectivity index (χ2n) is 10.3. The Balaban J connectivity index is 2.00. The summed E-state index contributed by atoms with van der Waals surface area (Å²) in [5.41, 5.74) is 0.546. The minimum Gasteiger partial charge on any atom is -0.505 e. The van der Waals surface area contributed by atoms with Crippen molar-refractivity contribution in [2.45, 2.75) is 71.2 Å². The van der Waals surface area contributed by atoms with Gasteiger partial charge < -0.3 is 25.6 Å². The maximum atomic E-state index is 13.7. The zero-order valence-electron chi connectivity index (χ0n) is 22.7. The molecule has 210 valence electrons. The van der Waals surface area contributed by atoms with Gasteiger partial charge in [-0.15, -0.1) is 0 Å². The van der Waals surface area contributed by atoms with Crippen LogP contribution in [0.25, 0.3) is 0 Å². The molecule has 0 aliphatic carbocycles. The van der Waals surface area contributed by atoms with Crippen molar-refractivity contribution in [3.8, 4) is 5.75 Å². The summed E-state index contributed by atoms with van der Waals surface area (Å²) >= 11 is 0. The number of nitrogens with zero attached hydrogens (tertiary/aromatic N) is 1. The van der Waals surface area contributed by atoms with Gasteiger partial charge in [0.15, 0.2) is 17.6 Å². The molecule has 39 heavy (non-hydrogen) atoms. The van der Waals surface area contributed by atoms with Crippen LogP contribution in [-0.2, 0) is 25.5 Å². The lowest BCUT2D eigenvalue weighted by molar-refractivity contribution is -0.166. The first-order valence-electron chi connectivity index (χ1n) is 13.2. The summed E-state index contributed by atoms with van der Waals surface area (Å²) in [5.74, 6) is -4.97. The number of rotatable bonds is 6. The minimum absolute atomic E-state index is 0.158. The quantitative estimate of drug-likeness (QED) is 0.407. The lowest BCUT2D eigenvalue weighted by atomic mass is 9.87. The standard InChI is InChI=1S/C29H37N3O7/c1-5-16(2)26-22(34)14-17(3)23(32-28(37)24-21(33)12-9-13-30-24)27(36)31-20(15-19-10-7-6-8-11-19)25(35)18(4)29(38)39-26/h6-13,16-18,20,23,25-26,33,35H,5,14-15H2,1-4H3,(H,31,36)(H,32,37)/t16?,17-,18+,20-,23-,25-,26?/m0/s1. The van der Waals surface area contributed by atoms with Crippen LogP contribution in [0.1, 0.15) is 56.6 Å². The van der Waals surface area contributed by atoms with Crippen molar-refractivity contribution >= 4 is 23.6 Å². The van der Waals surface area contributed by atoms with E-state index in [0.717, 1.165) is 5.56 Å². The van der Waals surface area contributed by atoms with Crippen molar-refractivity contribution in [1.82, 2.24) is 15.6 Å². The number of cyclic esters (lactones) is 1. The van der Waals surface area contributed by atoms with Gasteiger partial charge in [-0.25, -0.2) is 4.98 Å². The average molecular weight is 540 g/mol. The SMILES string of the molecule is CCC(C)C1OC(=O)[C@H](C)[C@H](O)[C@H](Cc2ccccc2)NC(=O)[C@@H](NC(=O)c2ncccc2O)[C@@H](C)CC1=O. The summed E-state index contributed by atoms with van der Waals surface area (Å²) in [6.45, 7) is 6.79. The van der Waals surface area contributed by atoms with Gasteiger partial charge >= 0.3 is 5.97 Å². The van der Waals surface area contributed by atoms with Gasteiger partial charge in [0, 0.05) is 18.5 Å². The van der Waals surface area contributed by atoms with Crippen LogP contribution in [0.3, 0.4) is 0 Å². The molecule has 1 fully saturated rings. The number of hydrogen-bond donors (Lipinski definition) is 4. The number of ether oxygens (including phenoxy) is 1. The van der Waals surface area contributed by atoms with E-state index in [2.05, 4.69) is 15.6 Å². The Kier molecular flexibility index (Phi) is 10.2. The molecule has 2 amide bonds. The van der Waals surface area contributed by atoms with Gasteiger partial charge in [-0.3, -0.25) is 19.2 Å². The molecule has 10 nitrogen and oxygen atoms in total. The highest BCUT2D eigenvalue weighted by Crippen LogP contribution is 2.24. The fourth-order valence-corrected chi connectivity index (χ4v) is 4.63. The molecular formula is C29H37N3O7. The number of aliphatic hydroxyl groups excluding tert-OH is 1. The molecule has 1 aromatic carbocycles. The molecule has 0 saturated carbocycles. The normalized spacial score (nSPS) is 27.4. The van der Waals surface area contributed by atoms with E-state index in [-0.39, 0.29) is 36.0 Å². The number of pyridine rings is 1. The Morgan fingerprint density at radius 3 is 2.49 bits per heavy atom. The first-order chi connectivity index (χ1) is 18.5. The molecule has 3 rings (SSSR count). The smallest absolute Gasteiger partial charge is 0.312 e. The van der Waals surface area contributed by atoms with Crippen LogP contribution in [0, 0.1) is 17.8 Å². The highest BCUT2D eigenvalue weighted by Gasteiger charge is 2.40. The first kappa shape index (κ1) is 29.8. The van der Waals surface area contributed by atoms with Crippen LogP contribution in [0.2, 0.25) is 0 Å². The van der Waals surface area contributed by atoms with Crippen LogP contribution < -0.4 is 10.6 Å². The topological polar surface area (TPSA) is 155 Å². The number of nitrogens with one attached hydrogen (secondary N) is 2. The number of aromatic nitrogens is 1. The summed E-state index contributed by atoms with van der Waals surface area (Å²) in [4.78, 5) is 56.9. The monoisotopic (exact) mass is 539 g/mol. The zero-order valence-corrected chi connectivity index (χ0v) is 22.7. The summed E-state index contributed by atoms with van der Waals surface area (Å²) in [6, 6.07) is 9.80. The molecule has 2 unspecified atom stereocenters. The molecule has 0 spiro atoms. The number of aromatic hydroxyl groups is 1. The third kappa shape index (κ3) is 7.41. The van der Waals surface area contributed by atoms with E-state index in [1.54, 1.807) is 13.8 Å². The van der Waals surface area contributed by atoms with E-state index in [1.165, 1.54) is 25.3 Å². The number of carbonyl (C=O) groups is 4. The number of ketones is 1. The van der Waals surface area contributed by atoms with Crippen LogP contribution in [0.4, 0.5) is 0 Å². The van der Waals surface area contributed by atoms with Gasteiger partial charge in [0.2, 0.25) is 5.91 Å². The van der Waals surface area contributed by atoms with Gasteiger partial charge in [-0.05, 0) is 43.4 Å². The molecule has 1 aliphatic heterocycles. The summed E-state index contributed by atoms with van der Waals surface area (Å²) in [7, 11) is 0. The number of aliphatic hydroxyl groups is 1. The third-order valence-electron chi connectivity index (χ3n) is 7.31. The van der Waals surface area contributed by atoms with Gasteiger partial charge in [-0.1, -0.05) is 51.1 Å². The van der Waals surface area contributed by atoms with Crippen molar-refractivity contribution in [2.75, 3.05) is 0 Å². The Labute approximate surface area is 228 Å². The Bertz CT molecular complexity index is 1170. The Morgan fingerprint density at radius 1 is 1.15 bits per heavy atom. The molecule has 0 radical (unpaired) electrons. The number of amides is 2. The highest BCUT2D eigenvalue weighted by atomic mass is 16.5. The molecule has 10 heteroatoms. The summed E-state index contributed by atoms with van der Waals surface area (Å²) < 4.78 is 5.65. The minimum atomic E-state index is -1.35. The fourth-order valence-electron chi connectivity index (χ4n) is 4.63. The van der Waals surface area contributed by atoms with Gasteiger partial charge in [0.1, 0.15) is 11.8 Å². The van der Waals surface area contributed by atoms with E-state index in [1.807, 2.05) is 37.3 Å². The fraction of sp³-hybridized carbons (Fsp3) is 0.483. The second-order valence-corrected chi connectivity index (χ2v) is 10.3. The van der Waals surface area contributed by atoms with Crippen LogP contribution in [0.5, 0.6) is 5.75 Å². The van der Waals surface area contributed by atoms with Crippen molar-refractivity contribution in [2.24, 2.45) is 17.8 Å². The largest absolute Gasteiger partial charge is 0.505 e. The molecular weight excluding hydrogens is 502 g/mol. The molecule has 7 atom stereocenters. The second kappa shape index (κ2) is 13.3. The maximum absolute atomic E-state index is 13.7. The Morgan fingerprint density at radius 2 is 1.85 bits per heavy atom. The van der Waals surface area contributed by atoms with Crippen LogP contribution in [0.15, 0.2) is 48.7 Å². The van der Waals surface area contributed by atoms with Gasteiger partial charge in [0.05, 0.1) is 18.1 Å². The van der Waals surface area contributed by atoms with Crippen molar-refractivity contribution in [3.05, 3.63) is 59.9 Å². The Hall–Kier alpha value is -3.79. The highest BCUT2D eigenvalue weighted by molar-refractivity contribution is 5.98. The molecule has 0 bridgehead atoms. The predicted octanol–water partition coefficient (Wildman–Crippen LogP) is 2.18. The molecule has 1 aliphatic rings. The van der Waals surface area contributed by atoms with Crippen LogP contribution in [-0.4, -0.2) is 63.1 Å². The molecule has 1 saturated heterocycles. The van der Waals surface area contributed by atoms with Crippen molar-refractivity contribution in [1.29, 1.82) is 0 Å². The summed E-state index contributed by atoms with van der Waals surface area (Å²) in [6.07, 6.45) is -0.470. The van der Waals surface area contributed by atoms with E-state index in [9.17, 15) is 29.4 Å². The number of esters is 1. The number of Topliss-reactive ketones (excluding diaryl/α,β-unsaturated/α-hetero) is 1. The third-order valence-corrected chi connectivity index (χ3v) is 7.31. The molecule has 4 N–H and O–H groups in total. The average Bonchev–Trinajstić information content (AvgIpc) is 2.92. The van der Waals surface area contributed by atoms with Crippen molar-refractivity contribution in [3.63, 3.8) is 0 Å². The molecule has 2 heterocycles. The number of benzene rings is 1. The zero-order chi connectivity index (χ0) is 28.7. The summed E-state index contributed by atoms with van der Waals surface area (Å²) in [5, 5.41) is 26.7.